The number of phenols is 1. The number of halogens is 2. The number of imidazole rings is 1. The molecule has 4 aromatic rings. The monoisotopic (exact) mass is 508 g/mol. The van der Waals surface area contributed by atoms with E-state index < -0.39 is 0 Å². The summed E-state index contributed by atoms with van der Waals surface area (Å²) < 4.78 is 7.54. The zero-order valence-corrected chi connectivity index (χ0v) is 19.3. The first-order valence-corrected chi connectivity index (χ1v) is 10.8. The molecule has 6 nitrogen and oxygen atoms in total. The Hall–Kier alpha value is -3.42. The van der Waals surface area contributed by atoms with Crippen molar-refractivity contribution in [3.8, 4) is 22.8 Å². The smallest absolute Gasteiger partial charge is 0.251 e. The fraction of sp³-hybridized carbons (Fsp3) is 0.0417. The molecule has 1 N–H and O–H groups in total. The number of nitrogens with zero attached hydrogens (tertiary/aromatic N) is 4. The second kappa shape index (κ2) is 9.80. The van der Waals surface area contributed by atoms with Crippen LogP contribution in [0.4, 0.5) is 5.95 Å². The minimum absolute atomic E-state index is 0.00879. The lowest BCUT2D eigenvalue weighted by molar-refractivity contribution is 0.373. The summed E-state index contributed by atoms with van der Waals surface area (Å²) in [6, 6.07) is 20.5. The van der Waals surface area contributed by atoms with Crippen molar-refractivity contribution in [3.63, 3.8) is 0 Å². The van der Waals surface area contributed by atoms with Gasteiger partial charge in [0, 0.05) is 26.8 Å². The van der Waals surface area contributed by atoms with E-state index in [1.165, 1.54) is 13.3 Å². The van der Waals surface area contributed by atoms with E-state index in [9.17, 15) is 5.11 Å². The second-order valence-corrected chi connectivity index (χ2v) is 8.09. The summed E-state index contributed by atoms with van der Waals surface area (Å²) in [5.41, 5.74) is 3.03. The molecule has 0 atom stereocenters. The minimum atomic E-state index is -0.00879. The topological polar surface area (TPSA) is 72.0 Å². The molecule has 160 valence electrons. The number of benzene rings is 3. The number of methoxy groups -OCH3 is 1. The van der Waals surface area contributed by atoms with Gasteiger partial charge in [0.05, 0.1) is 25.2 Å². The van der Waals surface area contributed by atoms with Crippen LogP contribution in [0.15, 0.2) is 87.5 Å². The van der Waals surface area contributed by atoms with Crippen LogP contribution in [0.3, 0.4) is 0 Å². The van der Waals surface area contributed by atoms with Crippen LogP contribution in [-0.2, 0) is 0 Å². The van der Waals surface area contributed by atoms with Gasteiger partial charge in [0.1, 0.15) is 0 Å². The normalized spacial score (nSPS) is 11.5. The first-order valence-electron chi connectivity index (χ1n) is 9.59. The van der Waals surface area contributed by atoms with Gasteiger partial charge in [-0.1, -0.05) is 70.0 Å². The van der Waals surface area contributed by atoms with E-state index >= 15 is 0 Å². The number of aliphatic imine (C=N–C) groups is 1. The standard InChI is InChI=1S/C24H18BrClN4O2/c1-32-22-12-19(25)11-18(23(22)31)14-27-24-29-21(17-5-3-2-4-6-17)15-30(24)28-13-16-7-9-20(26)10-8-16/h2-15,31H,1H3/b27-14?,28-13-. The number of phenolic OH excluding ortho intramolecular Hbond substituents is 1. The summed E-state index contributed by atoms with van der Waals surface area (Å²) in [7, 11) is 1.49. The van der Waals surface area contributed by atoms with Gasteiger partial charge in [0.15, 0.2) is 11.5 Å². The first-order chi connectivity index (χ1) is 15.5. The average molecular weight is 510 g/mol. The third-order valence-electron chi connectivity index (χ3n) is 4.55. The summed E-state index contributed by atoms with van der Waals surface area (Å²) in [5.74, 6) is 0.688. The molecule has 1 heterocycles. The molecule has 0 radical (unpaired) electrons. The van der Waals surface area contributed by atoms with E-state index in [0.717, 1.165) is 21.3 Å². The molecule has 0 unspecified atom stereocenters. The number of hydrogen-bond donors (Lipinski definition) is 1. The van der Waals surface area contributed by atoms with Gasteiger partial charge in [0.2, 0.25) is 0 Å². The van der Waals surface area contributed by atoms with Gasteiger partial charge in [-0.3, -0.25) is 0 Å². The Morgan fingerprint density at radius 3 is 2.53 bits per heavy atom. The van der Waals surface area contributed by atoms with Gasteiger partial charge < -0.3 is 9.84 Å². The maximum atomic E-state index is 10.4. The Kier molecular flexibility index (Phi) is 6.68. The van der Waals surface area contributed by atoms with E-state index in [4.69, 9.17) is 16.3 Å². The molecule has 0 aliphatic heterocycles. The van der Waals surface area contributed by atoms with Crippen LogP contribution in [0.1, 0.15) is 11.1 Å². The van der Waals surface area contributed by atoms with E-state index in [1.54, 1.807) is 41.4 Å². The highest BCUT2D eigenvalue weighted by Crippen LogP contribution is 2.33. The fourth-order valence-electron chi connectivity index (χ4n) is 2.94. The zero-order chi connectivity index (χ0) is 22.5. The Morgan fingerprint density at radius 1 is 1.06 bits per heavy atom. The summed E-state index contributed by atoms with van der Waals surface area (Å²) in [6.45, 7) is 0. The van der Waals surface area contributed by atoms with Gasteiger partial charge in [-0.05, 0) is 29.8 Å². The maximum absolute atomic E-state index is 10.4. The third kappa shape index (κ3) is 5.07. The summed E-state index contributed by atoms with van der Waals surface area (Å²) in [6.07, 6.45) is 5.02. The molecule has 0 spiro atoms. The highest BCUT2D eigenvalue weighted by molar-refractivity contribution is 9.10. The molecular weight excluding hydrogens is 492 g/mol. The molecule has 0 fully saturated rings. The molecule has 0 aliphatic carbocycles. The highest BCUT2D eigenvalue weighted by atomic mass is 79.9. The van der Waals surface area contributed by atoms with Crippen LogP contribution in [0.2, 0.25) is 5.02 Å². The van der Waals surface area contributed by atoms with Crippen molar-refractivity contribution < 1.29 is 9.84 Å². The van der Waals surface area contributed by atoms with Crippen molar-refractivity contribution in [2.75, 3.05) is 7.11 Å². The van der Waals surface area contributed by atoms with E-state index in [2.05, 4.69) is 31.0 Å². The van der Waals surface area contributed by atoms with Gasteiger partial charge in [-0.25, -0.2) is 14.7 Å². The molecule has 4 rings (SSSR count). The number of hydrogen-bond acceptors (Lipinski definition) is 5. The molecular formula is C24H18BrClN4O2. The lowest BCUT2D eigenvalue weighted by Crippen LogP contribution is -1.91. The predicted molar refractivity (Wildman–Crippen MR) is 132 cm³/mol. The SMILES string of the molecule is COc1cc(Br)cc(C=Nc2nc(-c3ccccc3)cn2/N=C\c2ccc(Cl)cc2)c1O. The Labute approximate surface area is 198 Å². The number of rotatable bonds is 6. The number of ether oxygens (including phenoxy) is 1. The molecule has 8 heteroatoms. The van der Waals surface area contributed by atoms with Crippen molar-refractivity contribution in [1.29, 1.82) is 0 Å². The van der Waals surface area contributed by atoms with Crippen molar-refractivity contribution >= 4 is 45.9 Å². The molecule has 0 saturated carbocycles. The van der Waals surface area contributed by atoms with Crippen LogP contribution in [0.5, 0.6) is 11.5 Å². The summed E-state index contributed by atoms with van der Waals surface area (Å²) >= 11 is 9.37. The minimum Gasteiger partial charge on any atom is -0.504 e. The van der Waals surface area contributed by atoms with E-state index in [0.29, 0.717) is 22.3 Å². The highest BCUT2D eigenvalue weighted by Gasteiger charge is 2.11. The van der Waals surface area contributed by atoms with E-state index in [-0.39, 0.29) is 5.75 Å². The largest absolute Gasteiger partial charge is 0.504 e. The Morgan fingerprint density at radius 2 is 1.81 bits per heavy atom. The van der Waals surface area contributed by atoms with Crippen LogP contribution in [-0.4, -0.2) is 34.3 Å². The lowest BCUT2D eigenvalue weighted by Gasteiger charge is -2.06. The summed E-state index contributed by atoms with van der Waals surface area (Å²) in [5, 5.41) is 15.6. The van der Waals surface area contributed by atoms with Crippen LogP contribution >= 0.6 is 27.5 Å². The van der Waals surface area contributed by atoms with Crippen LogP contribution in [0, 0.1) is 0 Å². The van der Waals surface area contributed by atoms with Crippen LogP contribution < -0.4 is 4.74 Å². The first kappa shape index (κ1) is 21.8. The molecule has 0 saturated heterocycles. The maximum Gasteiger partial charge on any atom is 0.251 e. The van der Waals surface area contributed by atoms with Crippen molar-refractivity contribution in [2.24, 2.45) is 10.1 Å². The summed E-state index contributed by atoms with van der Waals surface area (Å²) in [4.78, 5) is 9.10. The number of aromatic hydroxyl groups is 1. The van der Waals surface area contributed by atoms with Crippen molar-refractivity contribution in [3.05, 3.63) is 93.5 Å². The van der Waals surface area contributed by atoms with Crippen LogP contribution in [0.25, 0.3) is 11.3 Å². The molecule has 1 aromatic heterocycles. The number of aromatic nitrogens is 2. The van der Waals surface area contributed by atoms with Crippen molar-refractivity contribution in [2.45, 2.75) is 0 Å². The molecule has 0 bridgehead atoms. The molecule has 3 aromatic carbocycles. The molecule has 0 aliphatic rings. The van der Waals surface area contributed by atoms with Gasteiger partial charge in [-0.15, -0.1) is 0 Å². The Bertz CT molecular complexity index is 1290. The Balaban J connectivity index is 1.73. The predicted octanol–water partition coefficient (Wildman–Crippen LogP) is 6.31. The lowest BCUT2D eigenvalue weighted by atomic mass is 10.2. The fourth-order valence-corrected chi connectivity index (χ4v) is 3.52. The molecule has 32 heavy (non-hydrogen) atoms. The third-order valence-corrected chi connectivity index (χ3v) is 5.26. The quantitative estimate of drug-likeness (QED) is 0.309. The van der Waals surface area contributed by atoms with Gasteiger partial charge >= 0.3 is 0 Å². The average Bonchev–Trinajstić information content (AvgIpc) is 3.22. The van der Waals surface area contributed by atoms with E-state index in [1.807, 2.05) is 42.5 Å². The zero-order valence-electron chi connectivity index (χ0n) is 17.0. The van der Waals surface area contributed by atoms with Gasteiger partial charge in [0.25, 0.3) is 5.95 Å². The second-order valence-electron chi connectivity index (χ2n) is 6.74. The molecule has 0 amide bonds. The van der Waals surface area contributed by atoms with Gasteiger partial charge in [-0.2, -0.15) is 5.10 Å². The van der Waals surface area contributed by atoms with Crippen molar-refractivity contribution in [1.82, 2.24) is 9.66 Å².